The Bertz CT molecular complexity index is 989. The van der Waals surface area contributed by atoms with Gasteiger partial charge in [-0.2, -0.15) is 0 Å². The first kappa shape index (κ1) is 21.6. The van der Waals surface area contributed by atoms with Crippen molar-refractivity contribution in [1.82, 2.24) is 4.90 Å². The van der Waals surface area contributed by atoms with Crippen LogP contribution in [0.3, 0.4) is 0 Å². The Kier molecular flexibility index (Phi) is 6.92. The Balaban J connectivity index is 2.26. The molecule has 28 heavy (non-hydrogen) atoms. The number of hydrogen-bond donors (Lipinski definition) is 2. The molecule has 2 aromatic rings. The maximum Gasteiger partial charge on any atom is 0.341 e. The van der Waals surface area contributed by atoms with E-state index in [1.54, 1.807) is 45.3 Å². The molecule has 10 heteroatoms. The van der Waals surface area contributed by atoms with Crippen LogP contribution in [0.25, 0.3) is 0 Å². The number of rotatable bonds is 7. The zero-order valence-corrected chi connectivity index (χ0v) is 17.1. The van der Waals surface area contributed by atoms with Gasteiger partial charge in [-0.25, -0.2) is 13.2 Å². The van der Waals surface area contributed by atoms with E-state index in [1.807, 2.05) is 0 Å². The summed E-state index contributed by atoms with van der Waals surface area (Å²) in [6, 6.07) is 10.7. The number of nitrogens with one attached hydrogen (secondary N) is 1. The van der Waals surface area contributed by atoms with Gasteiger partial charge in [0.15, 0.2) is 6.61 Å². The minimum absolute atomic E-state index is 0.00795. The van der Waals surface area contributed by atoms with Gasteiger partial charge in [0.1, 0.15) is 5.75 Å². The number of carbonyl (C=O) groups is 2. The van der Waals surface area contributed by atoms with E-state index in [2.05, 4.69) is 4.72 Å². The van der Waals surface area contributed by atoms with Crippen molar-refractivity contribution >= 4 is 38.7 Å². The number of amides is 1. The fourth-order valence-corrected chi connectivity index (χ4v) is 4.09. The number of thioether (sulfide) groups is 1. The monoisotopic (exact) mass is 424 g/mol. The van der Waals surface area contributed by atoms with Crippen LogP contribution in [0, 0.1) is 6.92 Å². The Morgan fingerprint density at radius 2 is 1.86 bits per heavy atom. The van der Waals surface area contributed by atoms with Crippen molar-refractivity contribution in [3.8, 4) is 5.75 Å². The Morgan fingerprint density at radius 1 is 1.18 bits per heavy atom. The van der Waals surface area contributed by atoms with E-state index in [0.29, 0.717) is 10.5 Å². The zero-order chi connectivity index (χ0) is 20.9. The van der Waals surface area contributed by atoms with E-state index >= 15 is 0 Å². The van der Waals surface area contributed by atoms with E-state index in [1.165, 1.54) is 23.1 Å². The molecular formula is C18H20N2O6S2. The van der Waals surface area contributed by atoms with Crippen molar-refractivity contribution in [2.75, 3.05) is 25.4 Å². The average Bonchev–Trinajstić information content (AvgIpc) is 2.61. The van der Waals surface area contributed by atoms with Crippen LogP contribution in [-0.4, -0.2) is 50.3 Å². The lowest BCUT2D eigenvalue weighted by Gasteiger charge is -2.15. The molecule has 0 unspecified atom stereocenters. The van der Waals surface area contributed by atoms with Crippen molar-refractivity contribution in [1.29, 1.82) is 0 Å². The molecule has 0 aromatic heterocycles. The Hall–Kier alpha value is -2.72. The lowest BCUT2D eigenvalue weighted by atomic mass is 10.2. The van der Waals surface area contributed by atoms with E-state index in [4.69, 9.17) is 9.84 Å². The van der Waals surface area contributed by atoms with Crippen molar-refractivity contribution < 1.29 is 27.9 Å². The number of aliphatic carboxylic acids is 1. The minimum atomic E-state index is -3.92. The number of anilines is 1. The molecule has 0 aliphatic carbocycles. The average molecular weight is 425 g/mol. The predicted octanol–water partition coefficient (Wildman–Crippen LogP) is 3.03. The van der Waals surface area contributed by atoms with Crippen molar-refractivity contribution in [3.05, 3.63) is 48.0 Å². The fraction of sp³-hybridized carbons (Fsp3) is 0.222. The number of carboxylic acid groups (broad SMARTS) is 1. The van der Waals surface area contributed by atoms with Crippen LogP contribution < -0.4 is 9.46 Å². The third-order valence-electron chi connectivity index (χ3n) is 3.50. The summed E-state index contributed by atoms with van der Waals surface area (Å²) in [5.74, 6) is -0.840. The van der Waals surface area contributed by atoms with E-state index in [0.717, 1.165) is 11.8 Å². The number of hydrogen-bond acceptors (Lipinski definition) is 6. The van der Waals surface area contributed by atoms with Gasteiger partial charge in [-0.1, -0.05) is 12.1 Å². The molecule has 0 bridgehead atoms. The number of carbonyl (C=O) groups excluding carboxylic acids is 1. The Labute approximate surface area is 167 Å². The normalized spacial score (nSPS) is 11.0. The summed E-state index contributed by atoms with van der Waals surface area (Å²) in [6.07, 6.45) is 0. The molecule has 1 amide bonds. The second-order valence-electron chi connectivity index (χ2n) is 5.97. The van der Waals surface area contributed by atoms with E-state index in [9.17, 15) is 18.0 Å². The number of carboxylic acids is 1. The summed E-state index contributed by atoms with van der Waals surface area (Å²) in [7, 11) is -0.703. The molecule has 2 aromatic carbocycles. The van der Waals surface area contributed by atoms with Crippen LogP contribution in [0.2, 0.25) is 0 Å². The highest BCUT2D eigenvalue weighted by Gasteiger charge is 2.19. The van der Waals surface area contributed by atoms with Crippen molar-refractivity contribution in [2.24, 2.45) is 0 Å². The van der Waals surface area contributed by atoms with Crippen LogP contribution in [0.5, 0.6) is 5.75 Å². The SMILES string of the molecule is Cc1cc(S(=O)(=O)Nc2ccccc2SC(=O)N(C)C)ccc1OCC(=O)O. The highest BCUT2D eigenvalue weighted by atomic mass is 32.2. The molecule has 2 rings (SSSR count). The van der Waals surface area contributed by atoms with Crippen LogP contribution in [-0.2, 0) is 14.8 Å². The summed E-state index contributed by atoms with van der Waals surface area (Å²) >= 11 is 0.914. The molecule has 0 aliphatic rings. The van der Waals surface area contributed by atoms with Crippen LogP contribution in [0.1, 0.15) is 5.56 Å². The van der Waals surface area contributed by atoms with Gasteiger partial charge in [-0.15, -0.1) is 0 Å². The van der Waals surface area contributed by atoms with Crippen molar-refractivity contribution in [3.63, 3.8) is 0 Å². The van der Waals surface area contributed by atoms with Gasteiger partial charge in [0, 0.05) is 19.0 Å². The molecule has 0 saturated heterocycles. The molecule has 0 saturated carbocycles. The molecule has 0 spiro atoms. The number of nitrogens with zero attached hydrogens (tertiary/aromatic N) is 1. The summed E-state index contributed by atoms with van der Waals surface area (Å²) < 4.78 is 33.1. The summed E-state index contributed by atoms with van der Waals surface area (Å²) in [5, 5.41) is 8.44. The molecule has 0 heterocycles. The van der Waals surface area contributed by atoms with Crippen LogP contribution in [0.15, 0.2) is 52.3 Å². The van der Waals surface area contributed by atoms with Crippen molar-refractivity contribution in [2.45, 2.75) is 16.7 Å². The predicted molar refractivity (Wildman–Crippen MR) is 107 cm³/mol. The van der Waals surface area contributed by atoms with Gasteiger partial charge in [0.2, 0.25) is 0 Å². The highest BCUT2D eigenvalue weighted by molar-refractivity contribution is 8.13. The topological polar surface area (TPSA) is 113 Å². The molecule has 0 fully saturated rings. The fourth-order valence-electron chi connectivity index (χ4n) is 2.12. The number of ether oxygens (including phenoxy) is 1. The second kappa shape index (κ2) is 8.98. The van der Waals surface area contributed by atoms with Gasteiger partial charge in [-0.3, -0.25) is 9.52 Å². The summed E-state index contributed by atoms with van der Waals surface area (Å²) in [5.41, 5.74) is 0.765. The number of para-hydroxylation sites is 1. The van der Waals surface area contributed by atoms with Gasteiger partial charge in [0.25, 0.3) is 15.3 Å². The number of sulfonamides is 1. The minimum Gasteiger partial charge on any atom is -0.482 e. The maximum atomic E-state index is 12.8. The third-order valence-corrected chi connectivity index (χ3v) is 5.98. The smallest absolute Gasteiger partial charge is 0.341 e. The molecular weight excluding hydrogens is 404 g/mol. The maximum absolute atomic E-state index is 12.8. The Morgan fingerprint density at radius 3 is 2.46 bits per heavy atom. The van der Waals surface area contributed by atoms with E-state index < -0.39 is 22.6 Å². The number of aryl methyl sites for hydroxylation is 1. The second-order valence-corrected chi connectivity index (χ2v) is 8.65. The summed E-state index contributed by atoms with van der Waals surface area (Å²) in [6.45, 7) is 1.10. The summed E-state index contributed by atoms with van der Waals surface area (Å²) in [4.78, 5) is 24.4. The first-order chi connectivity index (χ1) is 13.1. The molecule has 0 radical (unpaired) electrons. The van der Waals surface area contributed by atoms with Gasteiger partial charge >= 0.3 is 5.97 Å². The molecule has 8 nitrogen and oxygen atoms in total. The zero-order valence-electron chi connectivity index (χ0n) is 15.5. The van der Waals surface area contributed by atoms with Gasteiger partial charge in [0.05, 0.1) is 10.6 Å². The lowest BCUT2D eigenvalue weighted by Crippen LogP contribution is -2.17. The molecule has 0 atom stereocenters. The van der Waals surface area contributed by atoms with Crippen LogP contribution in [0.4, 0.5) is 10.5 Å². The standard InChI is InChI=1S/C18H20N2O6S2/c1-12-10-13(8-9-15(12)26-11-17(21)22)28(24,25)19-14-6-4-5-7-16(14)27-18(23)20(2)3/h4-10,19H,11H2,1-3H3,(H,21,22). The molecule has 0 aliphatic heterocycles. The quantitative estimate of drug-likeness (QED) is 0.657. The van der Waals surface area contributed by atoms with Gasteiger partial charge in [-0.05, 0) is 54.6 Å². The largest absolute Gasteiger partial charge is 0.482 e. The first-order valence-electron chi connectivity index (χ1n) is 8.06. The first-order valence-corrected chi connectivity index (χ1v) is 10.4. The lowest BCUT2D eigenvalue weighted by molar-refractivity contribution is -0.139. The van der Waals surface area contributed by atoms with Crippen LogP contribution >= 0.6 is 11.8 Å². The van der Waals surface area contributed by atoms with E-state index in [-0.39, 0.29) is 21.6 Å². The number of benzene rings is 2. The molecule has 150 valence electrons. The van der Waals surface area contributed by atoms with Gasteiger partial charge < -0.3 is 14.7 Å². The molecule has 2 N–H and O–H groups in total. The third kappa shape index (κ3) is 5.64. The highest BCUT2D eigenvalue weighted by Crippen LogP contribution is 2.31.